The van der Waals surface area contributed by atoms with Gasteiger partial charge in [-0.05, 0) is 36.6 Å². The summed E-state index contributed by atoms with van der Waals surface area (Å²) in [5, 5.41) is 33.3. The summed E-state index contributed by atoms with van der Waals surface area (Å²) >= 11 is 0. The SMILES string of the molecule is CCC(=O)N(C1CCCCC1)[C@@H]1C=C(C(=O)NCCO)[C@@H]2c3cc(CO)cc(OC)c3O[C@@H]2[C@H]1O. The van der Waals surface area contributed by atoms with E-state index in [1.54, 1.807) is 30.0 Å². The minimum Gasteiger partial charge on any atom is -0.493 e. The van der Waals surface area contributed by atoms with Crippen molar-refractivity contribution in [3.8, 4) is 11.5 Å². The van der Waals surface area contributed by atoms with Crippen LogP contribution >= 0.6 is 0 Å². The van der Waals surface area contributed by atoms with Crippen LogP contribution in [0.15, 0.2) is 23.8 Å². The first-order valence-corrected chi connectivity index (χ1v) is 12.5. The highest BCUT2D eigenvalue weighted by atomic mass is 16.5. The second-order valence-corrected chi connectivity index (χ2v) is 9.46. The van der Waals surface area contributed by atoms with Crippen molar-refractivity contribution in [2.45, 2.75) is 82.3 Å². The molecule has 1 aromatic rings. The van der Waals surface area contributed by atoms with Gasteiger partial charge in [0.15, 0.2) is 11.5 Å². The quantitative estimate of drug-likeness (QED) is 0.435. The molecule has 4 N–H and O–H groups in total. The lowest BCUT2D eigenvalue weighted by atomic mass is 9.76. The summed E-state index contributed by atoms with van der Waals surface area (Å²) in [5.74, 6) is -0.232. The highest BCUT2D eigenvalue weighted by molar-refractivity contribution is 5.96. The normalized spacial score (nSPS) is 25.7. The van der Waals surface area contributed by atoms with Crippen LogP contribution in [0.4, 0.5) is 0 Å². The number of aliphatic hydroxyl groups excluding tert-OH is 3. The summed E-state index contributed by atoms with van der Waals surface area (Å²) in [4.78, 5) is 28.2. The predicted molar refractivity (Wildman–Crippen MR) is 128 cm³/mol. The summed E-state index contributed by atoms with van der Waals surface area (Å²) in [5.41, 5.74) is 1.62. The molecule has 2 aliphatic carbocycles. The van der Waals surface area contributed by atoms with Crippen LogP contribution < -0.4 is 14.8 Å². The molecule has 9 heteroatoms. The van der Waals surface area contributed by atoms with Crippen LogP contribution in [0.2, 0.25) is 0 Å². The molecular formula is C26H36N2O7. The van der Waals surface area contributed by atoms with E-state index in [1.165, 1.54) is 7.11 Å². The van der Waals surface area contributed by atoms with Crippen molar-refractivity contribution < 1.29 is 34.4 Å². The molecule has 1 aliphatic heterocycles. The molecule has 1 saturated carbocycles. The van der Waals surface area contributed by atoms with Gasteiger partial charge in [0.25, 0.3) is 0 Å². The Balaban J connectivity index is 1.81. The van der Waals surface area contributed by atoms with Crippen molar-refractivity contribution in [3.05, 3.63) is 34.9 Å². The Kier molecular flexibility index (Phi) is 7.98. The van der Waals surface area contributed by atoms with Gasteiger partial charge in [-0.2, -0.15) is 0 Å². The van der Waals surface area contributed by atoms with Crippen LogP contribution in [0.25, 0.3) is 0 Å². The first-order chi connectivity index (χ1) is 16.9. The van der Waals surface area contributed by atoms with E-state index in [-0.39, 0.29) is 37.6 Å². The second-order valence-electron chi connectivity index (χ2n) is 9.46. The third-order valence-electron chi connectivity index (χ3n) is 7.37. The molecule has 192 valence electrons. The third-order valence-corrected chi connectivity index (χ3v) is 7.37. The van der Waals surface area contributed by atoms with Crippen LogP contribution in [0.3, 0.4) is 0 Å². The zero-order valence-corrected chi connectivity index (χ0v) is 20.4. The lowest BCUT2D eigenvalue weighted by Gasteiger charge is -2.45. The molecule has 9 nitrogen and oxygen atoms in total. The van der Waals surface area contributed by atoms with E-state index in [9.17, 15) is 24.9 Å². The van der Waals surface area contributed by atoms with E-state index >= 15 is 0 Å². The molecule has 1 aromatic carbocycles. The molecule has 0 aromatic heterocycles. The Labute approximate surface area is 205 Å². The number of nitrogens with zero attached hydrogens (tertiary/aromatic N) is 1. The number of carbonyl (C=O) groups excluding carboxylic acids is 2. The molecule has 4 atom stereocenters. The van der Waals surface area contributed by atoms with Gasteiger partial charge >= 0.3 is 0 Å². The molecule has 0 radical (unpaired) electrons. The molecule has 2 amide bonds. The molecular weight excluding hydrogens is 452 g/mol. The molecule has 0 unspecified atom stereocenters. The predicted octanol–water partition coefficient (Wildman–Crippen LogP) is 1.38. The minimum absolute atomic E-state index is 0.00953. The zero-order valence-electron chi connectivity index (χ0n) is 20.4. The maximum absolute atomic E-state index is 13.3. The fourth-order valence-electron chi connectivity index (χ4n) is 5.74. The Bertz CT molecular complexity index is 973. The van der Waals surface area contributed by atoms with Crippen LogP contribution in [-0.4, -0.2) is 76.6 Å². The highest BCUT2D eigenvalue weighted by Crippen LogP contribution is 2.51. The van der Waals surface area contributed by atoms with E-state index in [4.69, 9.17) is 9.47 Å². The van der Waals surface area contributed by atoms with Crippen LogP contribution in [0, 0.1) is 0 Å². The highest BCUT2D eigenvalue weighted by Gasteiger charge is 2.52. The lowest BCUT2D eigenvalue weighted by molar-refractivity contribution is -0.141. The number of amides is 2. The van der Waals surface area contributed by atoms with Gasteiger partial charge in [-0.3, -0.25) is 9.59 Å². The molecule has 0 spiro atoms. The Morgan fingerprint density at radius 3 is 2.57 bits per heavy atom. The molecule has 4 rings (SSSR count). The summed E-state index contributed by atoms with van der Waals surface area (Å²) < 4.78 is 11.7. The summed E-state index contributed by atoms with van der Waals surface area (Å²) in [6.45, 7) is 1.45. The van der Waals surface area contributed by atoms with Gasteiger partial charge in [0.05, 0.1) is 32.3 Å². The minimum atomic E-state index is -1.07. The van der Waals surface area contributed by atoms with Gasteiger partial charge < -0.3 is 35.0 Å². The third kappa shape index (κ3) is 4.77. The number of rotatable bonds is 8. The smallest absolute Gasteiger partial charge is 0.247 e. The number of hydrogen-bond donors (Lipinski definition) is 4. The van der Waals surface area contributed by atoms with E-state index in [1.807, 2.05) is 0 Å². The number of fused-ring (bicyclic) bond motifs is 3. The van der Waals surface area contributed by atoms with Crippen molar-refractivity contribution in [1.82, 2.24) is 10.2 Å². The summed E-state index contributed by atoms with van der Waals surface area (Å²) in [7, 11) is 1.50. The maximum atomic E-state index is 13.3. The fraction of sp³-hybridized carbons (Fsp3) is 0.615. The fourth-order valence-corrected chi connectivity index (χ4v) is 5.74. The lowest BCUT2D eigenvalue weighted by Crippen LogP contribution is -2.58. The average Bonchev–Trinajstić information content (AvgIpc) is 3.28. The van der Waals surface area contributed by atoms with Crippen molar-refractivity contribution >= 4 is 11.8 Å². The molecule has 0 bridgehead atoms. The summed E-state index contributed by atoms with van der Waals surface area (Å²) in [6.07, 6.45) is 5.00. The number of nitrogens with one attached hydrogen (secondary N) is 1. The van der Waals surface area contributed by atoms with Crippen molar-refractivity contribution in [1.29, 1.82) is 0 Å². The monoisotopic (exact) mass is 488 g/mol. The van der Waals surface area contributed by atoms with Gasteiger partial charge in [-0.25, -0.2) is 0 Å². The number of hydrogen-bond acceptors (Lipinski definition) is 7. The van der Waals surface area contributed by atoms with Crippen molar-refractivity contribution in [2.24, 2.45) is 0 Å². The first kappa shape index (κ1) is 25.5. The number of benzene rings is 1. The van der Waals surface area contributed by atoms with Gasteiger partial charge in [-0.15, -0.1) is 0 Å². The van der Waals surface area contributed by atoms with Gasteiger partial charge in [0, 0.05) is 30.1 Å². The number of carbonyl (C=O) groups is 2. The largest absolute Gasteiger partial charge is 0.493 e. The molecule has 1 heterocycles. The van der Waals surface area contributed by atoms with Gasteiger partial charge in [0.2, 0.25) is 11.8 Å². The molecule has 3 aliphatic rings. The maximum Gasteiger partial charge on any atom is 0.247 e. The summed E-state index contributed by atoms with van der Waals surface area (Å²) in [6, 6.07) is 2.70. The Morgan fingerprint density at radius 1 is 1.20 bits per heavy atom. The molecule has 0 saturated heterocycles. The van der Waals surface area contributed by atoms with Gasteiger partial charge in [-0.1, -0.05) is 26.2 Å². The van der Waals surface area contributed by atoms with E-state index in [0.717, 1.165) is 32.1 Å². The Morgan fingerprint density at radius 2 is 1.94 bits per heavy atom. The van der Waals surface area contributed by atoms with Gasteiger partial charge in [0.1, 0.15) is 12.2 Å². The molecule has 1 fully saturated rings. The number of methoxy groups -OCH3 is 1. The topological polar surface area (TPSA) is 129 Å². The zero-order chi connectivity index (χ0) is 25.1. The van der Waals surface area contributed by atoms with E-state index < -0.39 is 24.2 Å². The molecule has 35 heavy (non-hydrogen) atoms. The number of aliphatic hydroxyl groups is 3. The standard InChI is InChI=1S/C26H36N2O7/c1-3-21(31)28(16-7-5-4-6-8-16)19-13-18(26(33)27-9-10-29)22-17-11-15(14-30)12-20(34-2)24(17)35-25(22)23(19)32/h11-13,16,19,22-23,25,29-30,32H,3-10,14H2,1-2H3,(H,27,33)/t19-,22+,23+,25+/m1/s1. The Hall–Kier alpha value is -2.62. The average molecular weight is 489 g/mol. The van der Waals surface area contributed by atoms with E-state index in [0.29, 0.717) is 34.6 Å². The van der Waals surface area contributed by atoms with Crippen LogP contribution in [-0.2, 0) is 16.2 Å². The van der Waals surface area contributed by atoms with Crippen molar-refractivity contribution in [3.63, 3.8) is 0 Å². The first-order valence-electron chi connectivity index (χ1n) is 12.5. The van der Waals surface area contributed by atoms with Crippen LogP contribution in [0.1, 0.15) is 62.5 Å². The number of ether oxygens (including phenoxy) is 2. The second kappa shape index (κ2) is 11.0. The van der Waals surface area contributed by atoms with Crippen LogP contribution in [0.5, 0.6) is 11.5 Å². The van der Waals surface area contributed by atoms with E-state index in [2.05, 4.69) is 5.32 Å². The van der Waals surface area contributed by atoms with Crippen molar-refractivity contribution in [2.75, 3.05) is 20.3 Å².